The zero-order valence-corrected chi connectivity index (χ0v) is 11.4. The monoisotopic (exact) mass is 278 g/mol. The van der Waals surface area contributed by atoms with E-state index in [-0.39, 0.29) is 11.9 Å². The molecular weight excluding hydrogens is 264 g/mol. The molecule has 1 unspecified atom stereocenters. The lowest BCUT2D eigenvalue weighted by Crippen LogP contribution is -2.30. The average molecular weight is 278 g/mol. The Morgan fingerprint density at radius 3 is 2.76 bits per heavy atom. The van der Waals surface area contributed by atoms with Crippen molar-refractivity contribution in [2.24, 2.45) is 0 Å². The van der Waals surface area contributed by atoms with Gasteiger partial charge in [-0.1, -0.05) is 30.3 Å². The van der Waals surface area contributed by atoms with Crippen LogP contribution < -0.4 is 10.1 Å². The molecule has 3 rings (SSSR count). The van der Waals surface area contributed by atoms with Crippen LogP contribution in [0.4, 0.5) is 0 Å². The van der Waals surface area contributed by atoms with E-state index in [0.29, 0.717) is 18.6 Å². The van der Waals surface area contributed by atoms with Crippen molar-refractivity contribution in [3.05, 3.63) is 65.2 Å². The maximum absolute atomic E-state index is 12.1. The molecule has 0 saturated heterocycles. The van der Waals surface area contributed by atoms with Crippen LogP contribution in [0.5, 0.6) is 5.75 Å². The Morgan fingerprint density at radius 2 is 2.00 bits per heavy atom. The first-order valence-corrected chi connectivity index (χ1v) is 6.76. The van der Waals surface area contributed by atoms with Crippen LogP contribution in [0.15, 0.2) is 48.5 Å². The van der Waals surface area contributed by atoms with Gasteiger partial charge in [0.2, 0.25) is 5.91 Å². The molecule has 4 nitrogen and oxygen atoms in total. The number of hydrogen-bond acceptors (Lipinski definition) is 3. The van der Waals surface area contributed by atoms with Gasteiger partial charge < -0.3 is 10.1 Å². The van der Waals surface area contributed by atoms with Crippen molar-refractivity contribution in [2.45, 2.75) is 12.5 Å². The molecule has 0 spiro atoms. The van der Waals surface area contributed by atoms with Gasteiger partial charge in [-0.05, 0) is 23.8 Å². The van der Waals surface area contributed by atoms with Crippen LogP contribution in [0.3, 0.4) is 0 Å². The summed E-state index contributed by atoms with van der Waals surface area (Å²) < 4.78 is 5.54. The summed E-state index contributed by atoms with van der Waals surface area (Å²) in [6.45, 7) is 0.471. The number of benzene rings is 2. The zero-order valence-electron chi connectivity index (χ0n) is 11.4. The Morgan fingerprint density at radius 1 is 1.24 bits per heavy atom. The second-order valence-electron chi connectivity index (χ2n) is 4.95. The van der Waals surface area contributed by atoms with Gasteiger partial charge in [0.05, 0.1) is 24.1 Å². The number of ether oxygens (including phenoxy) is 1. The van der Waals surface area contributed by atoms with E-state index in [1.165, 1.54) is 0 Å². The van der Waals surface area contributed by atoms with Crippen molar-refractivity contribution in [1.82, 2.24) is 5.32 Å². The van der Waals surface area contributed by atoms with Gasteiger partial charge in [-0.25, -0.2) is 0 Å². The molecule has 0 bridgehead atoms. The topological polar surface area (TPSA) is 62.1 Å². The van der Waals surface area contributed by atoms with E-state index in [2.05, 4.69) is 11.4 Å². The smallest absolute Gasteiger partial charge is 0.225 e. The van der Waals surface area contributed by atoms with E-state index < -0.39 is 0 Å². The lowest BCUT2D eigenvalue weighted by atomic mass is 10.1. The molecule has 21 heavy (non-hydrogen) atoms. The van der Waals surface area contributed by atoms with Crippen molar-refractivity contribution in [1.29, 1.82) is 5.26 Å². The van der Waals surface area contributed by atoms with Crippen molar-refractivity contribution in [3.8, 4) is 11.8 Å². The van der Waals surface area contributed by atoms with Gasteiger partial charge in [0, 0.05) is 5.56 Å². The highest BCUT2D eigenvalue weighted by Crippen LogP contribution is 2.31. The molecule has 1 amide bonds. The van der Waals surface area contributed by atoms with Crippen LogP contribution in [-0.4, -0.2) is 12.5 Å². The van der Waals surface area contributed by atoms with Gasteiger partial charge in [-0.3, -0.25) is 4.79 Å². The third kappa shape index (κ3) is 2.87. The Hall–Kier alpha value is -2.80. The summed E-state index contributed by atoms with van der Waals surface area (Å²) in [6, 6.07) is 16.7. The molecule has 0 radical (unpaired) electrons. The third-order valence-corrected chi connectivity index (χ3v) is 3.48. The van der Waals surface area contributed by atoms with Crippen LogP contribution in [0.2, 0.25) is 0 Å². The number of amides is 1. The minimum atomic E-state index is -0.0907. The molecule has 0 fully saturated rings. The first-order chi connectivity index (χ1) is 10.3. The fraction of sp³-hybridized carbons (Fsp3) is 0.176. The van der Waals surface area contributed by atoms with E-state index in [1.807, 2.05) is 24.3 Å². The molecule has 1 aliphatic heterocycles. The predicted octanol–water partition coefficient (Wildman–Crippen LogP) is 2.35. The molecule has 1 aliphatic rings. The number of hydrogen-bond donors (Lipinski definition) is 1. The minimum absolute atomic E-state index is 0.0509. The van der Waals surface area contributed by atoms with E-state index in [1.54, 1.807) is 24.3 Å². The number of carbonyl (C=O) groups is 1. The van der Waals surface area contributed by atoms with Gasteiger partial charge in [0.15, 0.2) is 0 Å². The number of fused-ring (bicyclic) bond motifs is 1. The number of rotatable bonds is 3. The Bertz CT molecular complexity index is 701. The first kappa shape index (κ1) is 13.2. The second-order valence-corrected chi connectivity index (χ2v) is 4.95. The largest absolute Gasteiger partial charge is 0.491 e. The maximum Gasteiger partial charge on any atom is 0.225 e. The summed E-state index contributed by atoms with van der Waals surface area (Å²) in [7, 11) is 0. The van der Waals surface area contributed by atoms with Gasteiger partial charge in [0.25, 0.3) is 0 Å². The standard InChI is InChI=1S/C17H14N2O2/c18-10-13-7-5-12(6-8-13)9-17(20)19-15-11-21-16-4-2-1-3-14(15)16/h1-8,15H,9,11H2,(H,19,20). The molecule has 1 N–H and O–H groups in total. The molecule has 4 heteroatoms. The second kappa shape index (κ2) is 5.68. The van der Waals surface area contributed by atoms with Crippen LogP contribution in [0.25, 0.3) is 0 Å². The molecule has 1 heterocycles. The fourth-order valence-corrected chi connectivity index (χ4v) is 2.41. The molecule has 104 valence electrons. The lowest BCUT2D eigenvalue weighted by Gasteiger charge is -2.11. The molecule has 2 aromatic rings. The molecular formula is C17H14N2O2. The van der Waals surface area contributed by atoms with Gasteiger partial charge in [-0.2, -0.15) is 5.26 Å². The average Bonchev–Trinajstić information content (AvgIpc) is 2.91. The number of nitrogens with zero attached hydrogens (tertiary/aromatic N) is 1. The third-order valence-electron chi connectivity index (χ3n) is 3.48. The summed E-state index contributed by atoms with van der Waals surface area (Å²) in [5, 5.41) is 11.7. The highest BCUT2D eigenvalue weighted by molar-refractivity contribution is 5.79. The van der Waals surface area contributed by atoms with Gasteiger partial charge >= 0.3 is 0 Å². The SMILES string of the molecule is N#Cc1ccc(CC(=O)NC2COc3ccccc32)cc1. The normalized spacial score (nSPS) is 15.7. The first-order valence-electron chi connectivity index (χ1n) is 6.76. The predicted molar refractivity (Wildman–Crippen MR) is 77.7 cm³/mol. The number of nitrogens with one attached hydrogen (secondary N) is 1. The minimum Gasteiger partial charge on any atom is -0.491 e. The molecule has 2 aromatic carbocycles. The highest BCUT2D eigenvalue weighted by atomic mass is 16.5. The van der Waals surface area contributed by atoms with Crippen LogP contribution in [-0.2, 0) is 11.2 Å². The van der Waals surface area contributed by atoms with Crippen LogP contribution >= 0.6 is 0 Å². The number of nitriles is 1. The van der Waals surface area contributed by atoms with Gasteiger partial charge in [-0.15, -0.1) is 0 Å². The summed E-state index contributed by atoms with van der Waals surface area (Å²) in [4.78, 5) is 12.1. The van der Waals surface area contributed by atoms with E-state index in [4.69, 9.17) is 10.00 Å². The maximum atomic E-state index is 12.1. The zero-order chi connectivity index (χ0) is 14.7. The highest BCUT2D eigenvalue weighted by Gasteiger charge is 2.24. The Labute approximate surface area is 123 Å². The molecule has 1 atom stereocenters. The van der Waals surface area contributed by atoms with E-state index >= 15 is 0 Å². The van der Waals surface area contributed by atoms with Crippen molar-refractivity contribution in [3.63, 3.8) is 0 Å². The van der Waals surface area contributed by atoms with Gasteiger partial charge in [0.1, 0.15) is 12.4 Å². The lowest BCUT2D eigenvalue weighted by molar-refractivity contribution is -0.121. The Kier molecular flexibility index (Phi) is 3.57. The van der Waals surface area contributed by atoms with Crippen LogP contribution in [0.1, 0.15) is 22.7 Å². The molecule has 0 aromatic heterocycles. The summed E-state index contributed by atoms with van der Waals surface area (Å²) in [5.41, 5.74) is 2.50. The van der Waals surface area contributed by atoms with Crippen molar-refractivity contribution >= 4 is 5.91 Å². The quantitative estimate of drug-likeness (QED) is 0.937. The number of para-hydroxylation sites is 1. The van der Waals surface area contributed by atoms with Crippen LogP contribution in [0, 0.1) is 11.3 Å². The Balaban J connectivity index is 1.63. The summed E-state index contributed by atoms with van der Waals surface area (Å²) in [5.74, 6) is 0.784. The number of carbonyl (C=O) groups excluding carboxylic acids is 1. The summed E-state index contributed by atoms with van der Waals surface area (Å²) in [6.07, 6.45) is 0.296. The molecule has 0 aliphatic carbocycles. The summed E-state index contributed by atoms with van der Waals surface area (Å²) >= 11 is 0. The van der Waals surface area contributed by atoms with E-state index in [0.717, 1.165) is 16.9 Å². The van der Waals surface area contributed by atoms with Crippen molar-refractivity contribution < 1.29 is 9.53 Å². The molecule has 0 saturated carbocycles. The fourth-order valence-electron chi connectivity index (χ4n) is 2.41. The van der Waals surface area contributed by atoms with Crippen molar-refractivity contribution in [2.75, 3.05) is 6.61 Å². The van der Waals surface area contributed by atoms with E-state index in [9.17, 15) is 4.79 Å².